The zero-order chi connectivity index (χ0) is 24.1. The van der Waals surface area contributed by atoms with Crippen LogP contribution in [0.5, 0.6) is 0 Å². The van der Waals surface area contributed by atoms with Gasteiger partial charge in [-0.15, -0.1) is 0 Å². The van der Waals surface area contributed by atoms with Crippen molar-refractivity contribution in [3.05, 3.63) is 89.0 Å². The number of hydrogen-bond acceptors (Lipinski definition) is 4. The molecule has 172 valence electrons. The first-order chi connectivity index (χ1) is 16.4. The first-order valence-corrected chi connectivity index (χ1v) is 11.8. The molecule has 0 fully saturated rings. The van der Waals surface area contributed by atoms with Crippen LogP contribution in [0, 0.1) is 0 Å². The van der Waals surface area contributed by atoms with E-state index in [1.807, 2.05) is 42.5 Å². The van der Waals surface area contributed by atoms with Gasteiger partial charge in [0.05, 0.1) is 0 Å². The molecule has 1 unspecified atom stereocenters. The van der Waals surface area contributed by atoms with E-state index in [1.54, 1.807) is 18.2 Å². The molecule has 0 saturated heterocycles. The molecule has 0 aliphatic carbocycles. The van der Waals surface area contributed by atoms with E-state index in [0.29, 0.717) is 16.8 Å². The van der Waals surface area contributed by atoms with E-state index in [2.05, 4.69) is 41.6 Å². The molecule has 34 heavy (non-hydrogen) atoms. The van der Waals surface area contributed by atoms with Crippen LogP contribution in [0.25, 0.3) is 28.6 Å². The number of nitrogens with zero attached hydrogens (tertiary/aromatic N) is 1. The molecule has 1 heterocycles. The van der Waals surface area contributed by atoms with E-state index in [9.17, 15) is 4.79 Å². The fraction of sp³-hybridized carbons (Fsp3) is 0.148. The highest BCUT2D eigenvalue weighted by atomic mass is 35.5. The van der Waals surface area contributed by atoms with Crippen LogP contribution in [0.1, 0.15) is 37.3 Å². The molecule has 2 N–H and O–H groups in total. The zero-order valence-corrected chi connectivity index (χ0v) is 20.4. The van der Waals surface area contributed by atoms with E-state index < -0.39 is 0 Å². The van der Waals surface area contributed by atoms with Crippen LogP contribution in [-0.4, -0.2) is 16.0 Å². The van der Waals surface area contributed by atoms with E-state index in [4.69, 9.17) is 28.2 Å². The summed E-state index contributed by atoms with van der Waals surface area (Å²) in [5, 5.41) is 6.49. The number of thiocarbonyl (C=S) groups is 1. The fourth-order valence-corrected chi connectivity index (χ4v) is 3.71. The molecule has 3 aromatic carbocycles. The SMILES string of the molecule is CCC(C)c1ccc2oc(-c3ccc(NC(=S)NC(=O)/C=C/c4ccc(Cl)cc4)cc3)nc2c1. The standard InChI is InChI=1S/C27H24ClN3O2S/c1-3-17(2)20-9-14-24-23(16-20)30-26(33-24)19-7-12-22(13-8-19)29-27(34)31-25(32)15-6-18-4-10-21(28)11-5-18/h4-17H,3H2,1-2H3,(H2,29,31,32,34)/b15-6+. The van der Waals surface area contributed by atoms with Crippen molar-refractivity contribution in [3.63, 3.8) is 0 Å². The number of nitrogens with one attached hydrogen (secondary N) is 2. The second-order valence-corrected chi connectivity index (χ2v) is 8.81. The van der Waals surface area contributed by atoms with Crippen LogP contribution in [0.2, 0.25) is 5.02 Å². The average molecular weight is 490 g/mol. The van der Waals surface area contributed by atoms with Gasteiger partial charge in [-0.3, -0.25) is 10.1 Å². The van der Waals surface area contributed by atoms with Crippen molar-refractivity contribution >= 4 is 57.7 Å². The third kappa shape index (κ3) is 5.90. The zero-order valence-electron chi connectivity index (χ0n) is 18.8. The summed E-state index contributed by atoms with van der Waals surface area (Å²) in [6.07, 6.45) is 4.18. The van der Waals surface area contributed by atoms with Crippen molar-refractivity contribution < 1.29 is 9.21 Å². The molecule has 4 rings (SSSR count). The van der Waals surface area contributed by atoms with Crippen LogP contribution >= 0.6 is 23.8 Å². The van der Waals surface area contributed by atoms with Gasteiger partial charge in [0.15, 0.2) is 10.7 Å². The van der Waals surface area contributed by atoms with Crippen molar-refractivity contribution in [1.29, 1.82) is 0 Å². The van der Waals surface area contributed by atoms with E-state index in [0.717, 1.165) is 34.3 Å². The lowest BCUT2D eigenvalue weighted by Crippen LogP contribution is -2.32. The van der Waals surface area contributed by atoms with Gasteiger partial charge in [0.25, 0.3) is 0 Å². The van der Waals surface area contributed by atoms with Gasteiger partial charge < -0.3 is 9.73 Å². The van der Waals surface area contributed by atoms with Crippen molar-refractivity contribution in [2.75, 3.05) is 5.32 Å². The minimum Gasteiger partial charge on any atom is -0.436 e. The number of anilines is 1. The van der Waals surface area contributed by atoms with Crippen LogP contribution < -0.4 is 10.6 Å². The molecule has 0 aliphatic rings. The van der Waals surface area contributed by atoms with Crippen molar-refractivity contribution in [3.8, 4) is 11.5 Å². The first kappa shape index (κ1) is 23.7. The third-order valence-corrected chi connectivity index (χ3v) is 5.97. The number of benzene rings is 3. The lowest BCUT2D eigenvalue weighted by atomic mass is 9.98. The Morgan fingerprint density at radius 2 is 1.85 bits per heavy atom. The lowest BCUT2D eigenvalue weighted by Gasteiger charge is -2.08. The minimum atomic E-state index is -0.327. The van der Waals surface area contributed by atoms with Gasteiger partial charge in [-0.1, -0.05) is 43.6 Å². The average Bonchev–Trinajstić information content (AvgIpc) is 3.27. The maximum Gasteiger partial charge on any atom is 0.250 e. The second-order valence-electron chi connectivity index (χ2n) is 7.96. The molecule has 0 saturated carbocycles. The Hall–Kier alpha value is -3.48. The second kappa shape index (κ2) is 10.6. The van der Waals surface area contributed by atoms with Crippen LogP contribution in [0.3, 0.4) is 0 Å². The van der Waals surface area contributed by atoms with Gasteiger partial charge in [0.1, 0.15) is 5.52 Å². The molecule has 5 nitrogen and oxygen atoms in total. The highest BCUT2D eigenvalue weighted by molar-refractivity contribution is 7.80. The van der Waals surface area contributed by atoms with Gasteiger partial charge in [-0.05, 0) is 90.3 Å². The van der Waals surface area contributed by atoms with Crippen molar-refractivity contribution in [2.45, 2.75) is 26.2 Å². The quantitative estimate of drug-likeness (QED) is 0.221. The third-order valence-electron chi connectivity index (χ3n) is 5.52. The van der Waals surface area contributed by atoms with Crippen LogP contribution in [-0.2, 0) is 4.79 Å². The number of aromatic nitrogens is 1. The van der Waals surface area contributed by atoms with Crippen LogP contribution in [0.15, 0.2) is 77.2 Å². The fourth-order valence-electron chi connectivity index (χ4n) is 3.37. The van der Waals surface area contributed by atoms with Crippen molar-refractivity contribution in [2.24, 2.45) is 0 Å². The van der Waals surface area contributed by atoms with Gasteiger partial charge >= 0.3 is 0 Å². The van der Waals surface area contributed by atoms with Crippen molar-refractivity contribution in [1.82, 2.24) is 10.3 Å². The summed E-state index contributed by atoms with van der Waals surface area (Å²) in [5.74, 6) is 0.713. The monoisotopic (exact) mass is 489 g/mol. The summed E-state index contributed by atoms with van der Waals surface area (Å²) in [6.45, 7) is 4.38. The Bertz CT molecular complexity index is 1340. The lowest BCUT2D eigenvalue weighted by molar-refractivity contribution is -0.115. The molecule has 0 spiro atoms. The van der Waals surface area contributed by atoms with E-state index in [-0.39, 0.29) is 11.0 Å². The summed E-state index contributed by atoms with van der Waals surface area (Å²) < 4.78 is 5.94. The molecular weight excluding hydrogens is 466 g/mol. The van der Waals surface area contributed by atoms with E-state index in [1.165, 1.54) is 11.6 Å². The number of hydrogen-bond donors (Lipinski definition) is 2. The summed E-state index contributed by atoms with van der Waals surface area (Å²) in [4.78, 5) is 16.8. The summed E-state index contributed by atoms with van der Waals surface area (Å²) >= 11 is 11.1. The van der Waals surface area contributed by atoms with Crippen LogP contribution in [0.4, 0.5) is 5.69 Å². The number of halogens is 1. The predicted molar refractivity (Wildman–Crippen MR) is 143 cm³/mol. The molecule has 0 bridgehead atoms. The first-order valence-electron chi connectivity index (χ1n) is 11.0. The largest absolute Gasteiger partial charge is 0.436 e. The number of fused-ring (bicyclic) bond motifs is 1. The molecule has 7 heteroatoms. The molecule has 0 radical (unpaired) electrons. The molecule has 1 atom stereocenters. The summed E-state index contributed by atoms with van der Waals surface area (Å²) in [7, 11) is 0. The molecule has 1 amide bonds. The number of amides is 1. The van der Waals surface area contributed by atoms with E-state index >= 15 is 0 Å². The smallest absolute Gasteiger partial charge is 0.250 e. The molecule has 4 aromatic rings. The Kier molecular flexibility index (Phi) is 7.40. The van der Waals surface area contributed by atoms with Gasteiger partial charge in [-0.25, -0.2) is 4.98 Å². The molecule has 1 aromatic heterocycles. The number of oxazole rings is 1. The maximum absolute atomic E-state index is 12.1. The highest BCUT2D eigenvalue weighted by Crippen LogP contribution is 2.28. The summed E-state index contributed by atoms with van der Waals surface area (Å²) in [5.41, 5.74) is 5.33. The van der Waals surface area contributed by atoms with Gasteiger partial charge in [-0.2, -0.15) is 0 Å². The number of carbonyl (C=O) groups is 1. The number of carbonyl (C=O) groups excluding carboxylic acids is 1. The highest BCUT2D eigenvalue weighted by Gasteiger charge is 2.11. The maximum atomic E-state index is 12.1. The topological polar surface area (TPSA) is 67.2 Å². The number of rotatable bonds is 6. The Morgan fingerprint density at radius 3 is 2.56 bits per heavy atom. The van der Waals surface area contributed by atoms with Gasteiger partial charge in [0.2, 0.25) is 11.8 Å². The Morgan fingerprint density at radius 1 is 1.12 bits per heavy atom. The Balaban J connectivity index is 1.37. The molecular formula is C27H24ClN3O2S. The molecule has 0 aliphatic heterocycles. The predicted octanol–water partition coefficient (Wildman–Crippen LogP) is 7.19. The Labute approximate surface area is 208 Å². The van der Waals surface area contributed by atoms with Gasteiger partial charge in [0, 0.05) is 22.3 Å². The normalized spacial score (nSPS) is 12.1. The minimum absolute atomic E-state index is 0.206. The summed E-state index contributed by atoms with van der Waals surface area (Å²) in [6, 6.07) is 20.9.